The quantitative estimate of drug-likeness (QED) is 0.778. The van der Waals surface area contributed by atoms with Gasteiger partial charge in [0, 0.05) is 0 Å². The van der Waals surface area contributed by atoms with E-state index in [9.17, 15) is 4.57 Å². The first kappa shape index (κ1) is 12.2. The first-order chi connectivity index (χ1) is 6.87. The third-order valence-corrected chi connectivity index (χ3v) is 2.46. The predicted octanol–water partition coefficient (Wildman–Crippen LogP) is 2.15. The van der Waals surface area contributed by atoms with Gasteiger partial charge in [-0.3, -0.25) is 4.57 Å². The number of rotatable bonds is 4. The van der Waals surface area contributed by atoms with E-state index in [1.807, 2.05) is 13.8 Å². The summed E-state index contributed by atoms with van der Waals surface area (Å²) in [5.74, 6) is 0.708. The van der Waals surface area contributed by atoms with Gasteiger partial charge in [0.05, 0.1) is 12.3 Å². The lowest BCUT2D eigenvalue weighted by molar-refractivity contribution is 0.242. The molecule has 0 heterocycles. The Morgan fingerprint density at radius 1 is 1.27 bits per heavy atom. The van der Waals surface area contributed by atoms with Crippen molar-refractivity contribution in [1.82, 2.24) is 0 Å². The molecule has 0 aromatic heterocycles. The Bertz CT molecular complexity index is 352. The van der Waals surface area contributed by atoms with Gasteiger partial charge in [-0.05, 0) is 31.5 Å². The van der Waals surface area contributed by atoms with Crippen LogP contribution in [0.1, 0.15) is 19.4 Å². The Morgan fingerprint density at radius 2 is 1.80 bits per heavy atom. The smallest absolute Gasteiger partial charge is 0.329 e. The molecule has 2 N–H and O–H groups in total. The van der Waals surface area contributed by atoms with Crippen molar-refractivity contribution in [2.45, 2.75) is 26.1 Å². The maximum Gasteiger partial charge on any atom is 0.329 e. The average molecular weight is 230 g/mol. The number of hydrogen-bond donors (Lipinski definition) is 2. The van der Waals surface area contributed by atoms with Crippen LogP contribution in [0.5, 0.6) is 5.75 Å². The van der Waals surface area contributed by atoms with Gasteiger partial charge >= 0.3 is 7.60 Å². The largest absolute Gasteiger partial charge is 0.491 e. The Balaban J connectivity index is 2.68. The van der Waals surface area contributed by atoms with Crippen LogP contribution in [0.4, 0.5) is 0 Å². The van der Waals surface area contributed by atoms with Gasteiger partial charge in [-0.15, -0.1) is 0 Å². The van der Waals surface area contributed by atoms with Crippen LogP contribution in [0.25, 0.3) is 0 Å². The van der Waals surface area contributed by atoms with Crippen molar-refractivity contribution in [2.75, 3.05) is 0 Å². The van der Waals surface area contributed by atoms with Crippen molar-refractivity contribution in [3.63, 3.8) is 0 Å². The van der Waals surface area contributed by atoms with Crippen LogP contribution < -0.4 is 4.74 Å². The van der Waals surface area contributed by atoms with E-state index >= 15 is 0 Å². The summed E-state index contributed by atoms with van der Waals surface area (Å²) in [4.78, 5) is 17.5. The summed E-state index contributed by atoms with van der Waals surface area (Å²) in [6, 6.07) is 6.75. The van der Waals surface area contributed by atoms with E-state index in [4.69, 9.17) is 14.5 Å². The Kier molecular flexibility index (Phi) is 3.91. The van der Waals surface area contributed by atoms with Gasteiger partial charge in [-0.2, -0.15) is 0 Å². The van der Waals surface area contributed by atoms with E-state index in [1.54, 1.807) is 24.3 Å². The van der Waals surface area contributed by atoms with Crippen molar-refractivity contribution in [2.24, 2.45) is 0 Å². The SMILES string of the molecule is CC(C)Oc1ccc(CP(=O)(O)O)cc1. The van der Waals surface area contributed by atoms with Gasteiger partial charge in [0.25, 0.3) is 0 Å². The predicted molar refractivity (Wildman–Crippen MR) is 58.0 cm³/mol. The van der Waals surface area contributed by atoms with E-state index in [1.165, 1.54) is 0 Å². The van der Waals surface area contributed by atoms with E-state index in [0.717, 1.165) is 0 Å². The second kappa shape index (κ2) is 4.79. The highest BCUT2D eigenvalue weighted by Crippen LogP contribution is 2.39. The lowest BCUT2D eigenvalue weighted by Crippen LogP contribution is -2.05. The summed E-state index contributed by atoms with van der Waals surface area (Å²) in [5.41, 5.74) is 0.611. The van der Waals surface area contributed by atoms with Crippen molar-refractivity contribution in [3.05, 3.63) is 29.8 Å². The molecule has 15 heavy (non-hydrogen) atoms. The van der Waals surface area contributed by atoms with Crippen LogP contribution in [0.3, 0.4) is 0 Å². The van der Waals surface area contributed by atoms with Crippen LogP contribution in [-0.4, -0.2) is 15.9 Å². The first-order valence-electron chi connectivity index (χ1n) is 4.67. The Hall–Kier alpha value is -0.830. The van der Waals surface area contributed by atoms with Crippen LogP contribution in [0, 0.1) is 0 Å². The molecule has 0 radical (unpaired) electrons. The maximum absolute atomic E-state index is 10.7. The minimum atomic E-state index is -3.97. The van der Waals surface area contributed by atoms with Gasteiger partial charge < -0.3 is 14.5 Å². The molecule has 1 aromatic rings. The zero-order valence-corrected chi connectivity index (χ0v) is 9.65. The minimum Gasteiger partial charge on any atom is -0.491 e. The molecule has 0 atom stereocenters. The molecular weight excluding hydrogens is 215 g/mol. The van der Waals surface area contributed by atoms with Crippen LogP contribution in [0.2, 0.25) is 0 Å². The van der Waals surface area contributed by atoms with Crippen molar-refractivity contribution >= 4 is 7.60 Å². The highest BCUT2D eigenvalue weighted by atomic mass is 31.2. The summed E-state index contributed by atoms with van der Waals surface area (Å²) in [7, 11) is -3.97. The zero-order chi connectivity index (χ0) is 11.5. The third kappa shape index (κ3) is 4.98. The third-order valence-electron chi connectivity index (χ3n) is 1.68. The molecule has 84 valence electrons. The first-order valence-corrected chi connectivity index (χ1v) is 6.47. The molecule has 4 nitrogen and oxygen atoms in total. The lowest BCUT2D eigenvalue weighted by atomic mass is 10.2. The van der Waals surface area contributed by atoms with Gasteiger partial charge in [0.15, 0.2) is 0 Å². The highest BCUT2D eigenvalue weighted by Gasteiger charge is 2.13. The molecule has 1 aromatic carbocycles. The fraction of sp³-hybridized carbons (Fsp3) is 0.400. The molecule has 0 amide bonds. The van der Waals surface area contributed by atoms with E-state index in [2.05, 4.69) is 0 Å². The second-order valence-corrected chi connectivity index (χ2v) is 5.28. The topological polar surface area (TPSA) is 66.8 Å². The van der Waals surface area contributed by atoms with Crippen LogP contribution in [-0.2, 0) is 10.7 Å². The molecule has 0 aliphatic heterocycles. The molecule has 1 rings (SSSR count). The van der Waals surface area contributed by atoms with Crippen molar-refractivity contribution in [3.8, 4) is 5.75 Å². The van der Waals surface area contributed by atoms with Gasteiger partial charge in [-0.25, -0.2) is 0 Å². The van der Waals surface area contributed by atoms with Gasteiger partial charge in [0.1, 0.15) is 5.75 Å². The van der Waals surface area contributed by atoms with E-state index < -0.39 is 7.60 Å². The molecule has 0 saturated carbocycles. The fourth-order valence-electron chi connectivity index (χ4n) is 1.18. The number of benzene rings is 1. The summed E-state index contributed by atoms with van der Waals surface area (Å²) in [6.45, 7) is 3.84. The number of ether oxygens (including phenoxy) is 1. The monoisotopic (exact) mass is 230 g/mol. The summed E-state index contributed by atoms with van der Waals surface area (Å²) in [6.07, 6.45) is -0.132. The van der Waals surface area contributed by atoms with Crippen molar-refractivity contribution in [1.29, 1.82) is 0 Å². The minimum absolute atomic E-state index is 0.0950. The summed E-state index contributed by atoms with van der Waals surface area (Å²) >= 11 is 0. The van der Waals surface area contributed by atoms with Crippen molar-refractivity contribution < 1.29 is 19.1 Å². The molecule has 0 fully saturated rings. The zero-order valence-electron chi connectivity index (χ0n) is 8.75. The lowest BCUT2D eigenvalue weighted by Gasteiger charge is -2.10. The standard InChI is InChI=1S/C10H15O4P/c1-8(2)14-10-5-3-9(4-6-10)7-15(11,12)13/h3-6,8H,7H2,1-2H3,(H2,11,12,13). The molecule has 0 saturated heterocycles. The van der Waals surface area contributed by atoms with E-state index in [-0.39, 0.29) is 12.3 Å². The van der Waals surface area contributed by atoms with Gasteiger partial charge in [0.2, 0.25) is 0 Å². The second-order valence-electron chi connectivity index (χ2n) is 3.63. The van der Waals surface area contributed by atoms with Gasteiger partial charge in [-0.1, -0.05) is 12.1 Å². The molecule has 0 bridgehead atoms. The molecule has 0 aliphatic rings. The van der Waals surface area contributed by atoms with Crippen LogP contribution in [0.15, 0.2) is 24.3 Å². The van der Waals surface area contributed by atoms with E-state index in [0.29, 0.717) is 11.3 Å². The summed E-state index contributed by atoms with van der Waals surface area (Å²) in [5, 5.41) is 0. The molecule has 0 spiro atoms. The maximum atomic E-state index is 10.7. The normalized spacial score (nSPS) is 11.8. The Labute approximate surface area is 89.1 Å². The molecular formula is C10H15O4P. The molecule has 0 aliphatic carbocycles. The summed E-state index contributed by atoms with van der Waals surface area (Å²) < 4.78 is 16.1. The Morgan fingerprint density at radius 3 is 2.20 bits per heavy atom. The fourth-order valence-corrected chi connectivity index (χ4v) is 1.87. The van der Waals surface area contributed by atoms with Crippen LogP contribution >= 0.6 is 7.60 Å². The molecule has 5 heteroatoms. The number of hydrogen-bond acceptors (Lipinski definition) is 2. The average Bonchev–Trinajstić information content (AvgIpc) is 2.05. The highest BCUT2D eigenvalue weighted by molar-refractivity contribution is 7.50. The molecule has 0 unspecified atom stereocenters.